The van der Waals surface area contributed by atoms with E-state index >= 15 is 0 Å². The smallest absolute Gasteiger partial charge is 0.0811 e. The summed E-state index contributed by atoms with van der Waals surface area (Å²) < 4.78 is 0. The van der Waals surface area contributed by atoms with Gasteiger partial charge in [-0.3, -0.25) is 0 Å². The second-order valence-electron chi connectivity index (χ2n) is 10.7. The SMILES string of the molecule is C=C1/C(=C/C=C2\CCC[C@@]3(C)[C@@H]2CC[C@@H]3[C@H](C)/C=C/[C@@H](O)C2CC2)C[C@@H](O)C[C@@H]1O. The average molecular weight is 413 g/mol. The van der Waals surface area contributed by atoms with E-state index in [1.54, 1.807) is 0 Å². The minimum Gasteiger partial charge on any atom is -0.393 e. The van der Waals surface area contributed by atoms with E-state index in [4.69, 9.17) is 0 Å². The molecule has 0 unspecified atom stereocenters. The van der Waals surface area contributed by atoms with E-state index in [1.165, 1.54) is 44.1 Å². The molecular formula is C27H40O3. The first-order valence-corrected chi connectivity index (χ1v) is 12.1. The molecular weight excluding hydrogens is 372 g/mol. The van der Waals surface area contributed by atoms with Gasteiger partial charge in [0.15, 0.2) is 0 Å². The van der Waals surface area contributed by atoms with E-state index in [1.807, 2.05) is 0 Å². The molecule has 0 radical (unpaired) electrons. The van der Waals surface area contributed by atoms with Crippen molar-refractivity contribution < 1.29 is 15.3 Å². The molecule has 7 atom stereocenters. The molecule has 3 heteroatoms. The summed E-state index contributed by atoms with van der Waals surface area (Å²) in [4.78, 5) is 0. The first-order valence-electron chi connectivity index (χ1n) is 12.1. The van der Waals surface area contributed by atoms with Gasteiger partial charge in [-0.2, -0.15) is 0 Å². The highest BCUT2D eigenvalue weighted by Crippen LogP contribution is 2.59. The van der Waals surface area contributed by atoms with Crippen LogP contribution in [0.3, 0.4) is 0 Å². The normalized spacial score (nSPS) is 42.1. The Hall–Kier alpha value is -1.16. The highest BCUT2D eigenvalue weighted by Gasteiger charge is 2.50. The molecule has 4 aliphatic carbocycles. The monoisotopic (exact) mass is 412 g/mol. The molecule has 0 amide bonds. The molecule has 0 aliphatic heterocycles. The Balaban J connectivity index is 1.48. The summed E-state index contributed by atoms with van der Waals surface area (Å²) in [6.07, 6.45) is 16.9. The summed E-state index contributed by atoms with van der Waals surface area (Å²) in [7, 11) is 0. The van der Waals surface area contributed by atoms with E-state index in [9.17, 15) is 15.3 Å². The maximum atomic E-state index is 10.2. The summed E-state index contributed by atoms with van der Waals surface area (Å²) in [6, 6.07) is 0. The van der Waals surface area contributed by atoms with Crippen molar-refractivity contribution in [2.75, 3.05) is 0 Å². The maximum absolute atomic E-state index is 10.2. The molecule has 30 heavy (non-hydrogen) atoms. The van der Waals surface area contributed by atoms with Crippen LogP contribution in [0.1, 0.15) is 71.6 Å². The Morgan fingerprint density at radius 3 is 2.60 bits per heavy atom. The molecule has 0 bridgehead atoms. The maximum Gasteiger partial charge on any atom is 0.0811 e. The largest absolute Gasteiger partial charge is 0.393 e. The Morgan fingerprint density at radius 2 is 1.87 bits per heavy atom. The van der Waals surface area contributed by atoms with Gasteiger partial charge in [0.1, 0.15) is 0 Å². The molecule has 0 spiro atoms. The van der Waals surface area contributed by atoms with Gasteiger partial charge in [0, 0.05) is 6.42 Å². The van der Waals surface area contributed by atoms with Crippen LogP contribution in [0.25, 0.3) is 0 Å². The fourth-order valence-electron chi connectivity index (χ4n) is 6.63. The number of allylic oxidation sites excluding steroid dienone is 4. The van der Waals surface area contributed by atoms with Gasteiger partial charge in [-0.15, -0.1) is 0 Å². The van der Waals surface area contributed by atoms with Crippen LogP contribution in [0.15, 0.2) is 47.6 Å². The Morgan fingerprint density at radius 1 is 1.10 bits per heavy atom. The molecule has 166 valence electrons. The lowest BCUT2D eigenvalue weighted by molar-refractivity contribution is 0.0862. The predicted molar refractivity (Wildman–Crippen MR) is 122 cm³/mol. The summed E-state index contributed by atoms with van der Waals surface area (Å²) >= 11 is 0. The number of fused-ring (bicyclic) bond motifs is 1. The molecule has 3 N–H and O–H groups in total. The molecule has 4 aliphatic rings. The molecule has 4 rings (SSSR count). The number of rotatable bonds is 5. The van der Waals surface area contributed by atoms with Gasteiger partial charge in [-0.1, -0.05) is 50.3 Å². The molecule has 0 aromatic carbocycles. The molecule has 4 saturated carbocycles. The van der Waals surface area contributed by atoms with Crippen LogP contribution in [0.2, 0.25) is 0 Å². The van der Waals surface area contributed by atoms with E-state index in [2.05, 4.69) is 44.7 Å². The van der Waals surface area contributed by atoms with Crippen LogP contribution in [-0.4, -0.2) is 33.6 Å². The Bertz CT molecular complexity index is 743. The third-order valence-corrected chi connectivity index (χ3v) is 8.65. The highest BCUT2D eigenvalue weighted by molar-refractivity contribution is 5.38. The van der Waals surface area contributed by atoms with Crippen LogP contribution in [0, 0.1) is 29.1 Å². The summed E-state index contributed by atoms with van der Waals surface area (Å²) in [5.41, 5.74) is 3.63. The topological polar surface area (TPSA) is 60.7 Å². The lowest BCUT2D eigenvalue weighted by Gasteiger charge is -2.44. The molecule has 0 aromatic heterocycles. The molecule has 4 fully saturated rings. The number of hydrogen-bond donors (Lipinski definition) is 3. The quantitative estimate of drug-likeness (QED) is 0.551. The first kappa shape index (κ1) is 22.0. The Kier molecular flexibility index (Phi) is 6.44. The minimum atomic E-state index is -0.621. The third-order valence-electron chi connectivity index (χ3n) is 8.65. The second kappa shape index (κ2) is 8.76. The van der Waals surface area contributed by atoms with Crippen molar-refractivity contribution in [2.24, 2.45) is 29.1 Å². The molecule has 0 heterocycles. The fraction of sp³-hybridized carbons (Fsp3) is 0.704. The molecule has 0 saturated heterocycles. The van der Waals surface area contributed by atoms with Crippen molar-refractivity contribution in [1.29, 1.82) is 0 Å². The van der Waals surface area contributed by atoms with Crippen molar-refractivity contribution in [3.05, 3.63) is 47.6 Å². The predicted octanol–water partition coefficient (Wildman–Crippen LogP) is 5.09. The fourth-order valence-corrected chi connectivity index (χ4v) is 6.63. The first-order chi connectivity index (χ1) is 14.3. The van der Waals surface area contributed by atoms with Gasteiger partial charge in [-0.25, -0.2) is 0 Å². The summed E-state index contributed by atoms with van der Waals surface area (Å²) in [5, 5.41) is 30.4. The zero-order valence-electron chi connectivity index (χ0n) is 18.8. The second-order valence-corrected chi connectivity index (χ2v) is 10.7. The summed E-state index contributed by atoms with van der Waals surface area (Å²) in [6.45, 7) is 8.88. The number of aliphatic hydroxyl groups excluding tert-OH is 3. The van der Waals surface area contributed by atoms with Gasteiger partial charge < -0.3 is 15.3 Å². The Labute approximate surface area is 182 Å². The van der Waals surface area contributed by atoms with Crippen molar-refractivity contribution in [1.82, 2.24) is 0 Å². The van der Waals surface area contributed by atoms with Gasteiger partial charge >= 0.3 is 0 Å². The minimum absolute atomic E-state index is 0.250. The van der Waals surface area contributed by atoms with Gasteiger partial charge in [0.2, 0.25) is 0 Å². The lowest BCUT2D eigenvalue weighted by Crippen LogP contribution is -2.35. The number of hydrogen-bond acceptors (Lipinski definition) is 3. The van der Waals surface area contributed by atoms with Gasteiger partial charge in [0.05, 0.1) is 18.3 Å². The van der Waals surface area contributed by atoms with Gasteiger partial charge in [-0.05, 0) is 91.6 Å². The highest BCUT2D eigenvalue weighted by atomic mass is 16.3. The van der Waals surface area contributed by atoms with E-state index in [0.717, 1.165) is 17.6 Å². The standard InChI is InChI=1S/C27H40O3/c1-17(6-13-25(29)20-8-9-20)23-11-12-24-19(5-4-14-27(23,24)3)7-10-21-15-22(28)16-26(30)18(21)2/h6-7,10,13,17,20,22-26,28-30H,2,4-5,8-9,11-12,14-16H2,1,3H3/b13-6+,19-7+,21-10+/t17-,22-,23-,24-,25-,26+,27-/m1/s1. The molecule has 0 aromatic rings. The van der Waals surface area contributed by atoms with Crippen molar-refractivity contribution in [3.8, 4) is 0 Å². The van der Waals surface area contributed by atoms with E-state index in [0.29, 0.717) is 41.9 Å². The average Bonchev–Trinajstić information content (AvgIpc) is 3.49. The van der Waals surface area contributed by atoms with Crippen LogP contribution >= 0.6 is 0 Å². The van der Waals surface area contributed by atoms with Crippen LogP contribution < -0.4 is 0 Å². The van der Waals surface area contributed by atoms with Crippen molar-refractivity contribution >= 4 is 0 Å². The number of aliphatic hydroxyl groups is 3. The zero-order valence-corrected chi connectivity index (χ0v) is 18.8. The zero-order chi connectivity index (χ0) is 21.5. The van der Waals surface area contributed by atoms with Gasteiger partial charge in [0.25, 0.3) is 0 Å². The molecule has 3 nitrogen and oxygen atoms in total. The third kappa shape index (κ3) is 4.40. The van der Waals surface area contributed by atoms with Crippen molar-refractivity contribution in [2.45, 2.75) is 89.9 Å². The summed E-state index contributed by atoms with van der Waals surface area (Å²) in [5.74, 6) is 2.28. The van der Waals surface area contributed by atoms with E-state index in [-0.39, 0.29) is 6.10 Å². The van der Waals surface area contributed by atoms with Crippen LogP contribution in [-0.2, 0) is 0 Å². The lowest BCUT2D eigenvalue weighted by atomic mass is 9.61. The van der Waals surface area contributed by atoms with Crippen LogP contribution in [0.4, 0.5) is 0 Å². The van der Waals surface area contributed by atoms with Crippen molar-refractivity contribution in [3.63, 3.8) is 0 Å². The van der Waals surface area contributed by atoms with E-state index < -0.39 is 12.2 Å². The van der Waals surface area contributed by atoms with Crippen LogP contribution in [0.5, 0.6) is 0 Å².